The van der Waals surface area contributed by atoms with E-state index in [-0.39, 0.29) is 0 Å². The Morgan fingerprint density at radius 3 is 2.16 bits per heavy atom. The number of unbranched alkanes of at least 4 members (excludes halogenated alkanes) is 6. The molecule has 0 saturated carbocycles. The van der Waals surface area contributed by atoms with Gasteiger partial charge in [-0.2, -0.15) is 0 Å². The number of allylic oxidation sites excluding steroid dienone is 1. The summed E-state index contributed by atoms with van der Waals surface area (Å²) in [4.78, 5) is 0. The molecule has 2 nitrogen and oxygen atoms in total. The van der Waals surface area contributed by atoms with Crippen LogP contribution in [0, 0.1) is 0 Å². The second-order valence-electron chi connectivity index (χ2n) is 5.59. The summed E-state index contributed by atoms with van der Waals surface area (Å²) in [7, 11) is -1.87. The Morgan fingerprint density at radius 2 is 1.47 bits per heavy atom. The molecule has 0 heterocycles. The van der Waals surface area contributed by atoms with Crippen molar-refractivity contribution in [3.8, 4) is 0 Å². The molecule has 0 aliphatic carbocycles. The maximum atomic E-state index is 5.82. The minimum absolute atomic E-state index is 0.707. The quantitative estimate of drug-likeness (QED) is 0.255. The Morgan fingerprint density at radius 1 is 0.789 bits per heavy atom. The van der Waals surface area contributed by atoms with Gasteiger partial charge in [-0.1, -0.05) is 58.1 Å². The molecule has 0 aliphatic rings. The second kappa shape index (κ2) is 12.9. The number of hydrogen-bond acceptors (Lipinski definition) is 2. The van der Waals surface area contributed by atoms with E-state index in [9.17, 15) is 0 Å². The van der Waals surface area contributed by atoms with Crippen molar-refractivity contribution >= 4 is 8.56 Å². The molecular formula is C16H34O2Si. The maximum Gasteiger partial charge on any atom is 0.331 e. The predicted molar refractivity (Wildman–Crippen MR) is 86.8 cm³/mol. The van der Waals surface area contributed by atoms with Gasteiger partial charge in [0.15, 0.2) is 0 Å². The lowest BCUT2D eigenvalue weighted by molar-refractivity contribution is 0.195. The molecule has 0 rings (SSSR count). The SMILES string of the molecule is CCCCCCCC/C=C/CO[Si](C)(C)OCCC. The Bertz CT molecular complexity index is 215. The van der Waals surface area contributed by atoms with Crippen LogP contribution in [0.4, 0.5) is 0 Å². The molecule has 0 saturated heterocycles. The van der Waals surface area contributed by atoms with E-state index in [1.807, 2.05) is 0 Å². The topological polar surface area (TPSA) is 18.5 Å². The molecule has 0 aromatic rings. The molecule has 0 fully saturated rings. The van der Waals surface area contributed by atoms with Crippen LogP contribution in [-0.2, 0) is 8.85 Å². The third-order valence-electron chi connectivity index (χ3n) is 3.07. The molecule has 0 radical (unpaired) electrons. The van der Waals surface area contributed by atoms with Gasteiger partial charge >= 0.3 is 8.56 Å². The van der Waals surface area contributed by atoms with E-state index in [4.69, 9.17) is 8.85 Å². The van der Waals surface area contributed by atoms with Crippen LogP contribution in [0.5, 0.6) is 0 Å². The summed E-state index contributed by atoms with van der Waals surface area (Å²) in [5, 5.41) is 0. The molecule has 0 aromatic carbocycles. The molecule has 0 spiro atoms. The van der Waals surface area contributed by atoms with Gasteiger partial charge in [0.1, 0.15) is 0 Å². The van der Waals surface area contributed by atoms with Gasteiger partial charge in [0, 0.05) is 6.61 Å². The standard InChI is InChI=1S/C16H34O2Si/c1-5-7-8-9-10-11-12-13-14-16-18-19(3,4)17-15-6-2/h13-14H,5-12,15-16H2,1-4H3/b14-13+. The van der Waals surface area contributed by atoms with Crippen molar-refractivity contribution in [2.45, 2.75) is 78.3 Å². The predicted octanol–water partition coefficient (Wildman–Crippen LogP) is 5.44. The van der Waals surface area contributed by atoms with E-state index in [1.54, 1.807) is 0 Å². The normalized spacial score (nSPS) is 12.4. The molecule has 0 amide bonds. The molecule has 0 aromatic heterocycles. The minimum Gasteiger partial charge on any atom is -0.395 e. The van der Waals surface area contributed by atoms with Gasteiger partial charge in [-0.15, -0.1) is 0 Å². The van der Waals surface area contributed by atoms with Crippen LogP contribution in [0.2, 0.25) is 13.1 Å². The zero-order valence-electron chi connectivity index (χ0n) is 13.5. The van der Waals surface area contributed by atoms with Crippen molar-refractivity contribution in [3.05, 3.63) is 12.2 Å². The van der Waals surface area contributed by atoms with Crippen molar-refractivity contribution in [3.63, 3.8) is 0 Å². The molecule has 0 unspecified atom stereocenters. The third-order valence-corrected chi connectivity index (χ3v) is 4.83. The van der Waals surface area contributed by atoms with Crippen molar-refractivity contribution in [2.24, 2.45) is 0 Å². The van der Waals surface area contributed by atoms with E-state index in [2.05, 4.69) is 39.1 Å². The smallest absolute Gasteiger partial charge is 0.331 e. The fraction of sp³-hybridized carbons (Fsp3) is 0.875. The molecular weight excluding hydrogens is 252 g/mol. The highest BCUT2D eigenvalue weighted by Gasteiger charge is 2.23. The summed E-state index contributed by atoms with van der Waals surface area (Å²) in [5.74, 6) is 0. The third kappa shape index (κ3) is 14.1. The molecule has 0 N–H and O–H groups in total. The molecule has 0 bridgehead atoms. The van der Waals surface area contributed by atoms with E-state index < -0.39 is 8.56 Å². The summed E-state index contributed by atoms with van der Waals surface area (Å²) in [6, 6.07) is 0. The summed E-state index contributed by atoms with van der Waals surface area (Å²) >= 11 is 0. The van der Waals surface area contributed by atoms with Gasteiger partial charge in [0.2, 0.25) is 0 Å². The first-order valence-corrected chi connectivity index (χ1v) is 10.9. The van der Waals surface area contributed by atoms with Gasteiger partial charge in [-0.3, -0.25) is 0 Å². The van der Waals surface area contributed by atoms with Crippen molar-refractivity contribution in [1.82, 2.24) is 0 Å². The first kappa shape index (κ1) is 18.9. The Labute approximate surface area is 121 Å². The molecule has 3 heteroatoms. The lowest BCUT2D eigenvalue weighted by Crippen LogP contribution is -2.35. The first-order chi connectivity index (χ1) is 9.12. The molecule has 19 heavy (non-hydrogen) atoms. The van der Waals surface area contributed by atoms with Gasteiger partial charge in [-0.05, 0) is 32.4 Å². The Balaban J connectivity index is 3.38. The fourth-order valence-electron chi connectivity index (χ4n) is 1.87. The fourth-order valence-corrected chi connectivity index (χ4v) is 3.14. The van der Waals surface area contributed by atoms with E-state index >= 15 is 0 Å². The van der Waals surface area contributed by atoms with Crippen molar-refractivity contribution in [2.75, 3.05) is 13.2 Å². The summed E-state index contributed by atoms with van der Waals surface area (Å²) in [6.45, 7) is 10.1. The summed E-state index contributed by atoms with van der Waals surface area (Å²) in [5.41, 5.74) is 0. The zero-order chi connectivity index (χ0) is 14.4. The molecule has 0 aliphatic heterocycles. The van der Waals surface area contributed by atoms with Crippen LogP contribution in [0.25, 0.3) is 0 Å². The van der Waals surface area contributed by atoms with E-state index in [1.165, 1.54) is 44.9 Å². The molecule has 114 valence electrons. The monoisotopic (exact) mass is 286 g/mol. The minimum atomic E-state index is -1.87. The second-order valence-corrected chi connectivity index (χ2v) is 8.96. The molecule has 0 atom stereocenters. The summed E-state index contributed by atoms with van der Waals surface area (Å²) in [6.07, 6.45) is 14.8. The van der Waals surface area contributed by atoms with Crippen molar-refractivity contribution in [1.29, 1.82) is 0 Å². The van der Waals surface area contributed by atoms with E-state index in [0.717, 1.165) is 13.0 Å². The lowest BCUT2D eigenvalue weighted by Gasteiger charge is -2.21. The van der Waals surface area contributed by atoms with Crippen LogP contribution in [0.1, 0.15) is 65.2 Å². The lowest BCUT2D eigenvalue weighted by atomic mass is 10.1. The zero-order valence-corrected chi connectivity index (χ0v) is 14.5. The van der Waals surface area contributed by atoms with E-state index in [0.29, 0.717) is 6.61 Å². The highest BCUT2D eigenvalue weighted by Crippen LogP contribution is 2.08. The van der Waals surface area contributed by atoms with Crippen molar-refractivity contribution < 1.29 is 8.85 Å². The summed E-state index contributed by atoms with van der Waals surface area (Å²) < 4.78 is 11.6. The van der Waals surface area contributed by atoms with Crippen LogP contribution in [0.3, 0.4) is 0 Å². The Kier molecular flexibility index (Phi) is 12.8. The maximum absolute atomic E-state index is 5.82. The highest BCUT2D eigenvalue weighted by molar-refractivity contribution is 6.64. The average molecular weight is 287 g/mol. The van der Waals surface area contributed by atoms with Crippen LogP contribution in [-0.4, -0.2) is 21.8 Å². The number of rotatable bonds is 13. The average Bonchev–Trinajstić information content (AvgIpc) is 2.38. The Hall–Kier alpha value is -0.123. The van der Waals surface area contributed by atoms with Gasteiger partial charge in [-0.25, -0.2) is 0 Å². The number of hydrogen-bond donors (Lipinski definition) is 0. The van der Waals surface area contributed by atoms with Gasteiger partial charge < -0.3 is 8.85 Å². The highest BCUT2D eigenvalue weighted by atomic mass is 28.4. The van der Waals surface area contributed by atoms with Crippen LogP contribution in [0.15, 0.2) is 12.2 Å². The van der Waals surface area contributed by atoms with Gasteiger partial charge in [0.05, 0.1) is 6.61 Å². The van der Waals surface area contributed by atoms with Crippen LogP contribution < -0.4 is 0 Å². The van der Waals surface area contributed by atoms with Crippen LogP contribution >= 0.6 is 0 Å². The van der Waals surface area contributed by atoms with Gasteiger partial charge in [0.25, 0.3) is 0 Å². The largest absolute Gasteiger partial charge is 0.395 e. The first-order valence-electron chi connectivity index (χ1n) is 8.05.